The first-order valence-electron chi connectivity index (χ1n) is 12.6. The van der Waals surface area contributed by atoms with Crippen molar-refractivity contribution in [3.05, 3.63) is 95.3 Å². The normalized spacial score (nSPS) is 17.3. The van der Waals surface area contributed by atoms with Gasteiger partial charge in [0.1, 0.15) is 12.4 Å². The van der Waals surface area contributed by atoms with Crippen molar-refractivity contribution in [1.29, 1.82) is 0 Å². The number of benzene rings is 4. The Morgan fingerprint density at radius 2 is 1.69 bits per heavy atom. The van der Waals surface area contributed by atoms with Crippen molar-refractivity contribution in [1.82, 2.24) is 4.90 Å². The minimum atomic E-state index is -0.328. The summed E-state index contributed by atoms with van der Waals surface area (Å²) in [5.41, 5.74) is 5.52. The van der Waals surface area contributed by atoms with Gasteiger partial charge in [0.2, 0.25) is 0 Å². The SMILES string of the molecule is COc1cc2c(cc1F)C(c1ccc(OCCN3CCCCC3)cc1)c1c-2ccc2ccccc12. The van der Waals surface area contributed by atoms with Gasteiger partial charge in [-0.05, 0) is 88.8 Å². The van der Waals surface area contributed by atoms with E-state index in [9.17, 15) is 4.39 Å². The Morgan fingerprint density at radius 1 is 0.886 bits per heavy atom. The van der Waals surface area contributed by atoms with Crippen molar-refractivity contribution < 1.29 is 13.9 Å². The van der Waals surface area contributed by atoms with E-state index in [2.05, 4.69) is 53.4 Å². The lowest BCUT2D eigenvalue weighted by Crippen LogP contribution is -2.33. The fourth-order valence-corrected chi connectivity index (χ4v) is 5.77. The van der Waals surface area contributed by atoms with Gasteiger partial charge < -0.3 is 9.47 Å². The Kier molecular flexibility index (Phi) is 5.91. The molecule has 1 aliphatic heterocycles. The van der Waals surface area contributed by atoms with E-state index in [1.54, 1.807) is 6.07 Å². The maximum Gasteiger partial charge on any atom is 0.165 e. The highest BCUT2D eigenvalue weighted by atomic mass is 19.1. The molecule has 0 amide bonds. The number of rotatable bonds is 6. The predicted molar refractivity (Wildman–Crippen MR) is 139 cm³/mol. The van der Waals surface area contributed by atoms with E-state index in [0.29, 0.717) is 6.61 Å². The van der Waals surface area contributed by atoms with Crippen molar-refractivity contribution in [3.63, 3.8) is 0 Å². The fourth-order valence-electron chi connectivity index (χ4n) is 5.77. The summed E-state index contributed by atoms with van der Waals surface area (Å²) in [6, 6.07) is 24.6. The molecule has 1 heterocycles. The molecule has 0 spiro atoms. The molecule has 6 rings (SSSR count). The summed E-state index contributed by atoms with van der Waals surface area (Å²) < 4.78 is 26.3. The van der Waals surface area contributed by atoms with E-state index in [0.717, 1.165) is 34.5 Å². The lowest BCUT2D eigenvalue weighted by molar-refractivity contribution is 0.183. The number of hydrogen-bond acceptors (Lipinski definition) is 3. The quantitative estimate of drug-likeness (QED) is 0.268. The monoisotopic (exact) mass is 467 g/mol. The third-order valence-electron chi connectivity index (χ3n) is 7.52. The van der Waals surface area contributed by atoms with Gasteiger partial charge in [-0.3, -0.25) is 4.90 Å². The molecule has 1 aliphatic carbocycles. The van der Waals surface area contributed by atoms with Crippen molar-refractivity contribution >= 4 is 10.8 Å². The highest BCUT2D eigenvalue weighted by molar-refractivity contribution is 5.97. The molecule has 1 saturated heterocycles. The maximum atomic E-state index is 14.9. The molecule has 0 bridgehead atoms. The van der Waals surface area contributed by atoms with Crippen molar-refractivity contribution in [2.45, 2.75) is 25.2 Å². The van der Waals surface area contributed by atoms with Crippen LogP contribution in [0.25, 0.3) is 21.9 Å². The second-order valence-corrected chi connectivity index (χ2v) is 9.57. The van der Waals surface area contributed by atoms with Crippen LogP contribution in [0, 0.1) is 5.82 Å². The van der Waals surface area contributed by atoms with Gasteiger partial charge in [0.25, 0.3) is 0 Å². The molecule has 0 N–H and O–H groups in total. The number of piperidine rings is 1. The number of methoxy groups -OCH3 is 1. The molecular formula is C31H30FNO2. The summed E-state index contributed by atoms with van der Waals surface area (Å²) >= 11 is 0. The van der Waals surface area contributed by atoms with Gasteiger partial charge in [-0.25, -0.2) is 4.39 Å². The first-order chi connectivity index (χ1) is 17.2. The molecule has 4 aromatic rings. The van der Waals surface area contributed by atoms with Crippen LogP contribution in [0.4, 0.5) is 4.39 Å². The number of halogens is 1. The zero-order chi connectivity index (χ0) is 23.8. The van der Waals surface area contributed by atoms with E-state index in [4.69, 9.17) is 9.47 Å². The third-order valence-corrected chi connectivity index (χ3v) is 7.52. The molecule has 4 heteroatoms. The molecule has 0 saturated carbocycles. The molecule has 3 nitrogen and oxygen atoms in total. The minimum absolute atomic E-state index is 0.0473. The van der Waals surface area contributed by atoms with Crippen LogP contribution in [0.2, 0.25) is 0 Å². The van der Waals surface area contributed by atoms with Gasteiger partial charge in [-0.15, -0.1) is 0 Å². The highest BCUT2D eigenvalue weighted by Crippen LogP contribution is 2.52. The lowest BCUT2D eigenvalue weighted by atomic mass is 9.86. The minimum Gasteiger partial charge on any atom is -0.494 e. The average molecular weight is 468 g/mol. The zero-order valence-electron chi connectivity index (χ0n) is 20.1. The Hall–Kier alpha value is -3.37. The number of nitrogens with zero attached hydrogens (tertiary/aromatic N) is 1. The van der Waals surface area contributed by atoms with E-state index < -0.39 is 0 Å². The van der Waals surface area contributed by atoms with Crippen molar-refractivity contribution in [2.24, 2.45) is 0 Å². The Morgan fingerprint density at radius 3 is 2.49 bits per heavy atom. The van der Waals surface area contributed by atoms with Crippen LogP contribution in [0.15, 0.2) is 72.8 Å². The van der Waals surface area contributed by atoms with Crippen molar-refractivity contribution in [2.75, 3.05) is 33.4 Å². The highest BCUT2D eigenvalue weighted by Gasteiger charge is 2.33. The average Bonchev–Trinajstić information content (AvgIpc) is 3.22. The zero-order valence-corrected chi connectivity index (χ0v) is 20.1. The predicted octanol–water partition coefficient (Wildman–Crippen LogP) is 7.01. The maximum absolute atomic E-state index is 14.9. The van der Waals surface area contributed by atoms with Crippen LogP contribution in [0.3, 0.4) is 0 Å². The Balaban J connectivity index is 1.34. The van der Waals surface area contributed by atoms with Gasteiger partial charge in [0.15, 0.2) is 11.6 Å². The fraction of sp³-hybridized carbons (Fsp3) is 0.290. The van der Waals surface area contributed by atoms with E-state index in [-0.39, 0.29) is 17.5 Å². The smallest absolute Gasteiger partial charge is 0.165 e. The second kappa shape index (κ2) is 9.35. The number of likely N-dealkylation sites (tertiary alicyclic amines) is 1. The van der Waals surface area contributed by atoms with Crippen molar-refractivity contribution in [3.8, 4) is 22.6 Å². The van der Waals surface area contributed by atoms with E-state index >= 15 is 0 Å². The molecule has 0 radical (unpaired) electrons. The largest absolute Gasteiger partial charge is 0.494 e. The lowest BCUT2D eigenvalue weighted by Gasteiger charge is -2.26. The molecule has 178 valence electrons. The summed E-state index contributed by atoms with van der Waals surface area (Å²) in [6.07, 6.45) is 3.93. The van der Waals surface area contributed by atoms with Gasteiger partial charge in [0, 0.05) is 12.5 Å². The third kappa shape index (κ3) is 4.06. The summed E-state index contributed by atoms with van der Waals surface area (Å²) in [5, 5.41) is 2.39. The van der Waals surface area contributed by atoms with Crippen LogP contribution in [0.5, 0.6) is 11.5 Å². The summed E-state index contributed by atoms with van der Waals surface area (Å²) in [4.78, 5) is 2.48. The number of hydrogen-bond donors (Lipinski definition) is 0. The van der Waals surface area contributed by atoms with Gasteiger partial charge in [0.05, 0.1) is 7.11 Å². The standard InChI is InChI=1S/C31H30FNO2/c1-34-29-20-26-25-14-11-21-7-3-4-8-24(21)31(25)30(27(26)19-28(29)32)22-9-12-23(13-10-22)35-18-17-33-15-5-2-6-16-33/h3-4,7-14,19-20,30H,2,5-6,15-18H2,1H3. The van der Waals surface area contributed by atoms with Gasteiger partial charge >= 0.3 is 0 Å². The Labute approximate surface area is 206 Å². The molecule has 1 atom stereocenters. The van der Waals surface area contributed by atoms with Crippen LogP contribution in [0.1, 0.15) is 41.9 Å². The summed E-state index contributed by atoms with van der Waals surface area (Å²) in [6.45, 7) is 4.03. The van der Waals surface area contributed by atoms with Crippen LogP contribution in [-0.2, 0) is 0 Å². The first kappa shape index (κ1) is 22.1. The first-order valence-corrected chi connectivity index (χ1v) is 12.6. The van der Waals surface area contributed by atoms with E-state index in [1.165, 1.54) is 55.8 Å². The number of fused-ring (bicyclic) bond motifs is 5. The molecule has 4 aromatic carbocycles. The molecular weight excluding hydrogens is 437 g/mol. The number of ether oxygens (including phenoxy) is 2. The Bertz CT molecular complexity index is 1360. The molecule has 1 fully saturated rings. The molecule has 35 heavy (non-hydrogen) atoms. The topological polar surface area (TPSA) is 21.7 Å². The molecule has 2 aliphatic rings. The second-order valence-electron chi connectivity index (χ2n) is 9.57. The molecule has 0 aromatic heterocycles. The summed E-state index contributed by atoms with van der Waals surface area (Å²) in [7, 11) is 1.52. The van der Waals surface area contributed by atoms with Crippen LogP contribution in [-0.4, -0.2) is 38.3 Å². The van der Waals surface area contributed by atoms with Crippen LogP contribution >= 0.6 is 0 Å². The van der Waals surface area contributed by atoms with Gasteiger partial charge in [-0.1, -0.05) is 55.0 Å². The summed E-state index contributed by atoms with van der Waals surface area (Å²) in [5.74, 6) is 0.781. The molecule has 1 unspecified atom stereocenters. The van der Waals surface area contributed by atoms with Crippen LogP contribution < -0.4 is 9.47 Å². The van der Waals surface area contributed by atoms with Gasteiger partial charge in [-0.2, -0.15) is 0 Å². The van der Waals surface area contributed by atoms with E-state index in [1.807, 2.05) is 18.2 Å².